The van der Waals surface area contributed by atoms with Crippen molar-refractivity contribution in [3.63, 3.8) is 0 Å². The molecule has 3 nitrogen and oxygen atoms in total. The summed E-state index contributed by atoms with van der Waals surface area (Å²) in [5.41, 5.74) is 3.08. The van der Waals surface area contributed by atoms with Crippen LogP contribution in [0.2, 0.25) is 10.0 Å². The molecule has 0 aliphatic carbocycles. The van der Waals surface area contributed by atoms with Crippen molar-refractivity contribution in [1.29, 1.82) is 0 Å². The molecule has 0 spiro atoms. The van der Waals surface area contributed by atoms with E-state index in [1.807, 2.05) is 43.3 Å². The van der Waals surface area contributed by atoms with Crippen LogP contribution in [0.3, 0.4) is 0 Å². The maximum atomic E-state index is 13.1. The summed E-state index contributed by atoms with van der Waals surface area (Å²) in [5.74, 6) is 0.814. The fourth-order valence-electron chi connectivity index (χ4n) is 2.98. The van der Waals surface area contributed by atoms with Crippen LogP contribution >= 0.6 is 23.2 Å². The third-order valence-electron chi connectivity index (χ3n) is 4.50. The van der Waals surface area contributed by atoms with Crippen LogP contribution in [-0.2, 0) is 19.6 Å². The van der Waals surface area contributed by atoms with Gasteiger partial charge in [0.15, 0.2) is 11.5 Å². The van der Waals surface area contributed by atoms with Crippen molar-refractivity contribution in [1.82, 2.24) is 5.32 Å². The van der Waals surface area contributed by atoms with Gasteiger partial charge in [-0.15, -0.1) is 0 Å². The number of nitrogens with one attached hydrogen (secondary N) is 1. The Labute approximate surface area is 186 Å². The molecule has 0 amide bonds. The Hall–Kier alpha value is -2.27. The molecule has 30 heavy (non-hydrogen) atoms. The Morgan fingerprint density at radius 3 is 2.27 bits per heavy atom. The molecule has 0 aliphatic heterocycles. The number of rotatable bonds is 10. The summed E-state index contributed by atoms with van der Waals surface area (Å²) in [7, 11) is 0. The molecule has 0 atom stereocenters. The lowest BCUT2D eigenvalue weighted by atomic mass is 10.1. The van der Waals surface area contributed by atoms with Crippen molar-refractivity contribution >= 4 is 23.2 Å². The lowest BCUT2D eigenvalue weighted by Crippen LogP contribution is -2.16. The van der Waals surface area contributed by atoms with E-state index in [-0.39, 0.29) is 12.4 Å². The van der Waals surface area contributed by atoms with E-state index in [0.29, 0.717) is 29.7 Å². The second-order valence-corrected chi connectivity index (χ2v) is 7.65. The van der Waals surface area contributed by atoms with Gasteiger partial charge in [-0.25, -0.2) is 4.39 Å². The molecule has 3 rings (SSSR count). The summed E-state index contributed by atoms with van der Waals surface area (Å²) in [5, 5.41) is 4.65. The van der Waals surface area contributed by atoms with E-state index in [1.54, 1.807) is 12.1 Å². The SMILES string of the molecule is CCOc1cc(CNCCc2ccc(Cl)cc2)cc(Cl)c1OCc1ccc(F)cc1. The summed E-state index contributed by atoms with van der Waals surface area (Å²) in [6.45, 7) is 4.17. The smallest absolute Gasteiger partial charge is 0.180 e. The predicted molar refractivity (Wildman–Crippen MR) is 120 cm³/mol. The van der Waals surface area contributed by atoms with Gasteiger partial charge in [0.2, 0.25) is 0 Å². The highest BCUT2D eigenvalue weighted by molar-refractivity contribution is 6.32. The normalized spacial score (nSPS) is 10.8. The van der Waals surface area contributed by atoms with Gasteiger partial charge in [0.05, 0.1) is 11.6 Å². The topological polar surface area (TPSA) is 30.5 Å². The summed E-state index contributed by atoms with van der Waals surface area (Å²) >= 11 is 12.4. The minimum Gasteiger partial charge on any atom is -0.490 e. The Kier molecular flexibility index (Phi) is 8.38. The lowest BCUT2D eigenvalue weighted by molar-refractivity contribution is 0.269. The van der Waals surface area contributed by atoms with E-state index < -0.39 is 0 Å². The van der Waals surface area contributed by atoms with Crippen LogP contribution in [0.1, 0.15) is 23.6 Å². The third-order valence-corrected chi connectivity index (χ3v) is 5.03. The molecule has 0 fully saturated rings. The van der Waals surface area contributed by atoms with Crippen LogP contribution in [0.15, 0.2) is 60.7 Å². The standard InChI is InChI=1S/C24H24Cl2FNO2/c1-2-29-23-14-19(15-28-12-11-17-3-7-20(25)8-4-17)13-22(26)24(23)30-16-18-5-9-21(27)10-6-18/h3-10,13-14,28H,2,11-12,15-16H2,1H3. The zero-order chi connectivity index (χ0) is 21.3. The third kappa shape index (κ3) is 6.63. The molecule has 0 aliphatic rings. The van der Waals surface area contributed by atoms with Gasteiger partial charge in [-0.1, -0.05) is 47.5 Å². The van der Waals surface area contributed by atoms with Crippen LogP contribution in [0, 0.1) is 5.82 Å². The maximum Gasteiger partial charge on any atom is 0.180 e. The van der Waals surface area contributed by atoms with Crippen LogP contribution < -0.4 is 14.8 Å². The van der Waals surface area contributed by atoms with Gasteiger partial charge >= 0.3 is 0 Å². The number of halogens is 3. The first kappa shape index (κ1) is 22.4. The molecule has 0 saturated heterocycles. The molecule has 0 unspecified atom stereocenters. The van der Waals surface area contributed by atoms with E-state index in [9.17, 15) is 4.39 Å². The van der Waals surface area contributed by atoms with Crippen LogP contribution in [0.5, 0.6) is 11.5 Å². The highest BCUT2D eigenvalue weighted by Crippen LogP contribution is 2.37. The first-order valence-corrected chi connectivity index (χ1v) is 10.6. The Bertz CT molecular complexity index is 947. The number of hydrogen-bond donors (Lipinski definition) is 1. The van der Waals surface area contributed by atoms with Crippen molar-refractivity contribution in [2.45, 2.75) is 26.5 Å². The van der Waals surface area contributed by atoms with E-state index in [2.05, 4.69) is 5.32 Å². The number of ether oxygens (including phenoxy) is 2. The number of hydrogen-bond acceptors (Lipinski definition) is 3. The molecular weight excluding hydrogens is 424 g/mol. The summed E-state index contributed by atoms with van der Waals surface area (Å²) < 4.78 is 24.7. The molecule has 0 bridgehead atoms. The minimum atomic E-state index is -0.278. The molecule has 0 saturated carbocycles. The maximum absolute atomic E-state index is 13.1. The average Bonchev–Trinajstić information content (AvgIpc) is 2.73. The molecule has 3 aromatic carbocycles. The second kappa shape index (κ2) is 11.2. The quantitative estimate of drug-likeness (QED) is 0.362. The zero-order valence-corrected chi connectivity index (χ0v) is 18.3. The van der Waals surface area contributed by atoms with Crippen molar-refractivity contribution < 1.29 is 13.9 Å². The van der Waals surface area contributed by atoms with Gasteiger partial charge < -0.3 is 14.8 Å². The highest BCUT2D eigenvalue weighted by Gasteiger charge is 2.13. The summed E-state index contributed by atoms with van der Waals surface area (Å²) in [6.07, 6.45) is 0.905. The van der Waals surface area contributed by atoms with Crippen LogP contribution in [-0.4, -0.2) is 13.2 Å². The van der Waals surface area contributed by atoms with Gasteiger partial charge in [-0.3, -0.25) is 0 Å². The van der Waals surface area contributed by atoms with Gasteiger partial charge in [0, 0.05) is 11.6 Å². The summed E-state index contributed by atoms with van der Waals surface area (Å²) in [4.78, 5) is 0. The molecular formula is C24H24Cl2FNO2. The fourth-order valence-corrected chi connectivity index (χ4v) is 3.39. The Morgan fingerprint density at radius 2 is 1.57 bits per heavy atom. The molecule has 0 heterocycles. The second-order valence-electron chi connectivity index (χ2n) is 6.81. The van der Waals surface area contributed by atoms with E-state index in [4.69, 9.17) is 32.7 Å². The molecule has 0 radical (unpaired) electrons. The van der Waals surface area contributed by atoms with Crippen molar-refractivity contribution in [2.75, 3.05) is 13.2 Å². The van der Waals surface area contributed by atoms with Gasteiger partial charge in [-0.2, -0.15) is 0 Å². The zero-order valence-electron chi connectivity index (χ0n) is 16.8. The van der Waals surface area contributed by atoms with Crippen molar-refractivity contribution in [2.24, 2.45) is 0 Å². The Balaban J connectivity index is 1.60. The first-order chi connectivity index (χ1) is 14.5. The van der Waals surface area contributed by atoms with Gasteiger partial charge in [0.25, 0.3) is 0 Å². The van der Waals surface area contributed by atoms with Gasteiger partial charge in [-0.05, 0) is 73.0 Å². The van der Waals surface area contributed by atoms with E-state index in [1.165, 1.54) is 17.7 Å². The largest absolute Gasteiger partial charge is 0.490 e. The molecule has 1 N–H and O–H groups in total. The van der Waals surface area contributed by atoms with Crippen molar-refractivity contribution in [3.05, 3.63) is 93.2 Å². The number of benzene rings is 3. The predicted octanol–water partition coefficient (Wildman–Crippen LogP) is 6.44. The first-order valence-electron chi connectivity index (χ1n) is 9.82. The fraction of sp³-hybridized carbons (Fsp3) is 0.250. The van der Waals surface area contributed by atoms with Crippen LogP contribution in [0.4, 0.5) is 4.39 Å². The van der Waals surface area contributed by atoms with E-state index >= 15 is 0 Å². The molecule has 3 aromatic rings. The van der Waals surface area contributed by atoms with Crippen LogP contribution in [0.25, 0.3) is 0 Å². The summed E-state index contributed by atoms with van der Waals surface area (Å²) in [6, 6.07) is 17.8. The molecule has 6 heteroatoms. The molecule has 158 valence electrons. The average molecular weight is 448 g/mol. The van der Waals surface area contributed by atoms with E-state index in [0.717, 1.165) is 29.1 Å². The monoisotopic (exact) mass is 447 g/mol. The highest BCUT2D eigenvalue weighted by atomic mass is 35.5. The lowest BCUT2D eigenvalue weighted by Gasteiger charge is -2.16. The van der Waals surface area contributed by atoms with Gasteiger partial charge in [0.1, 0.15) is 12.4 Å². The Morgan fingerprint density at radius 1 is 0.867 bits per heavy atom. The van der Waals surface area contributed by atoms with Crippen molar-refractivity contribution in [3.8, 4) is 11.5 Å². The molecule has 0 aromatic heterocycles. The minimum absolute atomic E-state index is 0.277.